The molecular weight excluding hydrogens is 396 g/mol. The molecule has 1 heterocycles. The van der Waals surface area contributed by atoms with E-state index >= 15 is 0 Å². The molecule has 4 rings (SSSR count). The summed E-state index contributed by atoms with van der Waals surface area (Å²) in [5.41, 5.74) is 5.55. The van der Waals surface area contributed by atoms with Crippen LogP contribution in [0.3, 0.4) is 0 Å². The summed E-state index contributed by atoms with van der Waals surface area (Å²) >= 11 is 0. The number of hydrogen-bond donors (Lipinski definition) is 1. The molecule has 5 nitrogen and oxygen atoms in total. The van der Waals surface area contributed by atoms with E-state index in [0.717, 1.165) is 26.1 Å². The molecule has 0 saturated carbocycles. The van der Waals surface area contributed by atoms with Gasteiger partial charge in [0.05, 0.1) is 0 Å². The number of piperazine rings is 1. The molecule has 32 heavy (non-hydrogen) atoms. The van der Waals surface area contributed by atoms with Crippen LogP contribution < -0.4 is 5.32 Å². The van der Waals surface area contributed by atoms with Gasteiger partial charge >= 0.3 is 0 Å². The summed E-state index contributed by atoms with van der Waals surface area (Å²) in [4.78, 5) is 17.1. The topological polar surface area (TPSA) is 59.4 Å². The average molecular weight is 429 g/mol. The monoisotopic (exact) mass is 428 g/mol. The number of amides is 1. The van der Waals surface area contributed by atoms with Crippen molar-refractivity contribution in [3.05, 3.63) is 82.6 Å². The van der Waals surface area contributed by atoms with E-state index in [2.05, 4.69) is 65.7 Å². The molecule has 0 bridgehead atoms. The Hall–Kier alpha value is -3.10. The minimum Gasteiger partial charge on any atom is -0.383 e. The van der Waals surface area contributed by atoms with Gasteiger partial charge < -0.3 is 10.2 Å². The zero-order valence-corrected chi connectivity index (χ0v) is 18.9. The Kier molecular flexibility index (Phi) is 7.24. The van der Waals surface area contributed by atoms with Crippen LogP contribution in [0.15, 0.2) is 60.3 Å². The second kappa shape index (κ2) is 10.5. The number of nitrogens with one attached hydrogen (secondary N) is 1. The summed E-state index contributed by atoms with van der Waals surface area (Å²) in [5, 5.41) is 12.9. The summed E-state index contributed by atoms with van der Waals surface area (Å²) < 4.78 is 0. The predicted molar refractivity (Wildman–Crippen MR) is 127 cm³/mol. The maximum Gasteiger partial charge on any atom is 0.266 e. The van der Waals surface area contributed by atoms with Crippen LogP contribution in [0.2, 0.25) is 0 Å². The molecule has 1 atom stereocenters. The number of fused-ring (bicyclic) bond motifs is 1. The average Bonchev–Trinajstić information content (AvgIpc) is 2.85. The first-order valence-corrected chi connectivity index (χ1v) is 11.7. The van der Waals surface area contributed by atoms with Crippen molar-refractivity contribution in [2.75, 3.05) is 26.2 Å². The highest BCUT2D eigenvalue weighted by Crippen LogP contribution is 2.25. The number of rotatable bonds is 6. The van der Waals surface area contributed by atoms with Gasteiger partial charge in [-0.1, -0.05) is 48.5 Å². The molecule has 0 radical (unpaired) electrons. The minimum absolute atomic E-state index is 0.0427. The summed E-state index contributed by atoms with van der Waals surface area (Å²) in [6.45, 7) is 5.89. The van der Waals surface area contributed by atoms with Gasteiger partial charge in [-0.05, 0) is 54.9 Å². The highest BCUT2D eigenvalue weighted by atomic mass is 16.2. The van der Waals surface area contributed by atoms with Crippen LogP contribution >= 0.6 is 0 Å². The number of aryl methyl sites for hydroxylation is 2. The van der Waals surface area contributed by atoms with Crippen molar-refractivity contribution in [1.29, 1.82) is 5.26 Å². The molecule has 2 aromatic rings. The Balaban J connectivity index is 1.32. The van der Waals surface area contributed by atoms with Crippen molar-refractivity contribution in [3.63, 3.8) is 0 Å². The Bertz CT molecular complexity index is 1000. The van der Waals surface area contributed by atoms with Crippen molar-refractivity contribution >= 4 is 5.91 Å². The van der Waals surface area contributed by atoms with Gasteiger partial charge in [-0.3, -0.25) is 9.69 Å². The number of hydrogen-bond acceptors (Lipinski definition) is 4. The standard InChI is InChI=1S/C27H32N4O/c1-21(24-12-11-23-9-5-6-10-25(23)17-24)29-19-26(18-28)27(32)31-15-13-30(14-16-31)20-22-7-3-2-4-8-22/h2-4,7-8,11-12,17,19,21,29H,5-6,9-10,13-16,20H2,1H3/b26-19-. The molecule has 5 heteroatoms. The molecular formula is C27H32N4O. The summed E-state index contributed by atoms with van der Waals surface area (Å²) in [6.07, 6.45) is 6.44. The molecule has 0 spiro atoms. The van der Waals surface area contributed by atoms with Crippen molar-refractivity contribution in [1.82, 2.24) is 15.1 Å². The first-order chi connectivity index (χ1) is 15.6. The van der Waals surface area contributed by atoms with Gasteiger partial charge in [0, 0.05) is 45.0 Å². The Morgan fingerprint density at radius 1 is 1.06 bits per heavy atom. The first kappa shape index (κ1) is 22.1. The lowest BCUT2D eigenvalue weighted by atomic mass is 9.89. The van der Waals surface area contributed by atoms with Crippen molar-refractivity contribution in [2.24, 2.45) is 0 Å². The quantitative estimate of drug-likeness (QED) is 0.559. The molecule has 1 fully saturated rings. The normalized spacial score (nSPS) is 17.9. The number of nitrogens with zero attached hydrogens (tertiary/aromatic N) is 3. The van der Waals surface area contributed by atoms with Crippen LogP contribution in [0.1, 0.15) is 48.1 Å². The molecule has 2 aliphatic rings. The minimum atomic E-state index is -0.183. The maximum absolute atomic E-state index is 12.9. The zero-order valence-electron chi connectivity index (χ0n) is 18.9. The number of nitriles is 1. The molecule has 1 unspecified atom stereocenters. The smallest absolute Gasteiger partial charge is 0.266 e. The fraction of sp³-hybridized carbons (Fsp3) is 0.407. The lowest BCUT2D eigenvalue weighted by Crippen LogP contribution is -2.48. The summed E-state index contributed by atoms with van der Waals surface area (Å²) in [6, 6.07) is 19.2. The molecule has 1 saturated heterocycles. The van der Waals surface area contributed by atoms with Crippen LogP contribution in [0.5, 0.6) is 0 Å². The van der Waals surface area contributed by atoms with Gasteiger partial charge in [0.25, 0.3) is 5.91 Å². The van der Waals surface area contributed by atoms with Crippen LogP contribution in [0, 0.1) is 11.3 Å². The molecule has 166 valence electrons. The Labute approximate surface area is 191 Å². The lowest BCUT2D eigenvalue weighted by Gasteiger charge is -2.34. The highest BCUT2D eigenvalue weighted by Gasteiger charge is 2.24. The second-order valence-corrected chi connectivity index (χ2v) is 8.85. The summed E-state index contributed by atoms with van der Waals surface area (Å²) in [5.74, 6) is -0.183. The second-order valence-electron chi connectivity index (χ2n) is 8.85. The van der Waals surface area contributed by atoms with E-state index in [9.17, 15) is 10.1 Å². The van der Waals surface area contributed by atoms with Crippen LogP contribution in [-0.4, -0.2) is 41.9 Å². The van der Waals surface area contributed by atoms with E-state index in [4.69, 9.17) is 0 Å². The van der Waals surface area contributed by atoms with Crippen molar-refractivity contribution < 1.29 is 4.79 Å². The predicted octanol–water partition coefficient (Wildman–Crippen LogP) is 3.97. The largest absolute Gasteiger partial charge is 0.383 e. The lowest BCUT2D eigenvalue weighted by molar-refractivity contribution is -0.128. The molecule has 1 aliphatic heterocycles. The molecule has 1 N–H and O–H groups in total. The van der Waals surface area contributed by atoms with Gasteiger partial charge in [-0.15, -0.1) is 0 Å². The first-order valence-electron chi connectivity index (χ1n) is 11.7. The van der Waals surface area contributed by atoms with E-state index in [0.29, 0.717) is 13.1 Å². The fourth-order valence-corrected chi connectivity index (χ4v) is 4.59. The van der Waals surface area contributed by atoms with Gasteiger partial charge in [0.15, 0.2) is 0 Å². The van der Waals surface area contributed by atoms with Gasteiger partial charge in [-0.2, -0.15) is 5.26 Å². The number of carbonyl (C=O) groups is 1. The zero-order chi connectivity index (χ0) is 22.3. The summed E-state index contributed by atoms with van der Waals surface area (Å²) in [7, 11) is 0. The molecule has 0 aromatic heterocycles. The highest BCUT2D eigenvalue weighted by molar-refractivity contribution is 5.97. The van der Waals surface area contributed by atoms with E-state index in [1.807, 2.05) is 6.07 Å². The van der Waals surface area contributed by atoms with Crippen molar-refractivity contribution in [3.8, 4) is 6.07 Å². The number of benzene rings is 2. The van der Waals surface area contributed by atoms with E-state index < -0.39 is 0 Å². The third-order valence-electron chi connectivity index (χ3n) is 6.61. The van der Waals surface area contributed by atoms with Crippen molar-refractivity contribution in [2.45, 2.75) is 45.2 Å². The van der Waals surface area contributed by atoms with Crippen LogP contribution in [0.4, 0.5) is 0 Å². The third-order valence-corrected chi connectivity index (χ3v) is 6.61. The molecule has 1 aliphatic carbocycles. The van der Waals surface area contributed by atoms with Gasteiger partial charge in [0.1, 0.15) is 11.6 Å². The Morgan fingerprint density at radius 3 is 2.50 bits per heavy atom. The van der Waals surface area contributed by atoms with E-state index in [1.54, 1.807) is 11.1 Å². The van der Waals surface area contributed by atoms with Crippen LogP contribution in [-0.2, 0) is 24.2 Å². The maximum atomic E-state index is 12.9. The van der Waals surface area contributed by atoms with Gasteiger partial charge in [-0.25, -0.2) is 0 Å². The SMILES string of the molecule is CC(N/C=C(/C#N)C(=O)N1CCN(Cc2ccccc2)CC1)c1ccc2c(c1)CCCC2. The third kappa shape index (κ3) is 5.38. The van der Waals surface area contributed by atoms with Crippen LogP contribution in [0.25, 0.3) is 0 Å². The van der Waals surface area contributed by atoms with E-state index in [1.165, 1.54) is 41.5 Å². The fourth-order valence-electron chi connectivity index (χ4n) is 4.59. The van der Waals surface area contributed by atoms with Gasteiger partial charge in [0.2, 0.25) is 0 Å². The van der Waals surface area contributed by atoms with E-state index in [-0.39, 0.29) is 17.5 Å². The number of carbonyl (C=O) groups excluding carboxylic acids is 1. The molecule has 2 aromatic carbocycles. The Morgan fingerprint density at radius 2 is 1.78 bits per heavy atom. The molecule has 1 amide bonds.